The van der Waals surface area contributed by atoms with Crippen molar-refractivity contribution >= 4 is 23.6 Å². The predicted octanol–water partition coefficient (Wildman–Crippen LogP) is 2.72. The van der Waals surface area contributed by atoms with Crippen LogP contribution in [0.15, 0.2) is 18.2 Å². The first-order chi connectivity index (χ1) is 16.4. The highest BCUT2D eigenvalue weighted by molar-refractivity contribution is 6.05. The third-order valence-corrected chi connectivity index (χ3v) is 7.66. The first kappa shape index (κ1) is 24.4. The third-order valence-electron chi connectivity index (χ3n) is 7.66. The molecule has 1 aromatic rings. The smallest absolute Gasteiger partial charge is 0.255 e. The molecule has 1 saturated heterocycles. The number of unbranched alkanes of at least 4 members (excludes halogenated alkanes) is 1. The van der Waals surface area contributed by atoms with Crippen molar-refractivity contribution in [3.05, 3.63) is 34.9 Å². The Bertz CT molecular complexity index is 970. The maximum absolute atomic E-state index is 13.3. The number of carbonyl (C=O) groups is 4. The second kappa shape index (κ2) is 10.3. The van der Waals surface area contributed by atoms with E-state index in [1.54, 1.807) is 11.9 Å². The number of benzene rings is 1. The van der Waals surface area contributed by atoms with Gasteiger partial charge in [-0.3, -0.25) is 29.8 Å². The zero-order valence-electron chi connectivity index (χ0n) is 20.2. The molecule has 3 aliphatic rings. The lowest BCUT2D eigenvalue weighted by Crippen LogP contribution is -2.58. The molecular formula is C26H36N4O4. The summed E-state index contributed by atoms with van der Waals surface area (Å²) >= 11 is 0. The molecule has 2 atom stereocenters. The van der Waals surface area contributed by atoms with E-state index in [0.717, 1.165) is 62.5 Å². The van der Waals surface area contributed by atoms with Crippen molar-refractivity contribution in [2.24, 2.45) is 0 Å². The van der Waals surface area contributed by atoms with Crippen molar-refractivity contribution in [3.8, 4) is 0 Å². The fourth-order valence-corrected chi connectivity index (χ4v) is 5.81. The van der Waals surface area contributed by atoms with Gasteiger partial charge in [-0.2, -0.15) is 0 Å². The maximum Gasteiger partial charge on any atom is 0.255 e. The van der Waals surface area contributed by atoms with Gasteiger partial charge < -0.3 is 10.2 Å². The van der Waals surface area contributed by atoms with Gasteiger partial charge in [0.05, 0.1) is 5.54 Å². The van der Waals surface area contributed by atoms with Crippen LogP contribution in [0.5, 0.6) is 0 Å². The highest BCUT2D eigenvalue weighted by atomic mass is 16.2. The Morgan fingerprint density at radius 3 is 2.65 bits per heavy atom. The van der Waals surface area contributed by atoms with Crippen LogP contribution >= 0.6 is 0 Å². The molecule has 8 nitrogen and oxygen atoms in total. The molecule has 0 bridgehead atoms. The van der Waals surface area contributed by atoms with E-state index < -0.39 is 17.5 Å². The molecule has 0 aromatic heterocycles. The molecule has 2 fully saturated rings. The SMILES string of the molecule is CCCC[C@H](NC1(C(=O)NC)CCCCC1)c1cccc2c1CN([C@H]1CCC(=O)NC1=O)C2=O. The zero-order chi connectivity index (χ0) is 24.3. The molecule has 184 valence electrons. The van der Waals surface area contributed by atoms with Gasteiger partial charge in [-0.1, -0.05) is 51.2 Å². The van der Waals surface area contributed by atoms with Crippen LogP contribution in [-0.4, -0.2) is 47.2 Å². The second-order valence-corrected chi connectivity index (χ2v) is 9.83. The van der Waals surface area contributed by atoms with E-state index in [-0.39, 0.29) is 30.2 Å². The average Bonchev–Trinajstić information content (AvgIpc) is 3.18. The summed E-state index contributed by atoms with van der Waals surface area (Å²) in [6.45, 7) is 2.49. The molecule has 8 heteroatoms. The number of nitrogens with one attached hydrogen (secondary N) is 3. The molecule has 4 amide bonds. The Morgan fingerprint density at radius 2 is 1.97 bits per heavy atom. The molecule has 0 spiro atoms. The quantitative estimate of drug-likeness (QED) is 0.509. The lowest BCUT2D eigenvalue weighted by Gasteiger charge is -2.40. The normalized spacial score (nSPS) is 22.8. The fourth-order valence-electron chi connectivity index (χ4n) is 5.81. The van der Waals surface area contributed by atoms with E-state index in [9.17, 15) is 19.2 Å². The van der Waals surface area contributed by atoms with Gasteiger partial charge in [0, 0.05) is 31.6 Å². The van der Waals surface area contributed by atoms with Gasteiger partial charge in [0.15, 0.2) is 0 Å². The van der Waals surface area contributed by atoms with Crippen molar-refractivity contribution in [1.29, 1.82) is 0 Å². The van der Waals surface area contributed by atoms with Crippen molar-refractivity contribution < 1.29 is 19.2 Å². The largest absolute Gasteiger partial charge is 0.358 e. The molecule has 4 rings (SSSR count). The number of fused-ring (bicyclic) bond motifs is 1. The third kappa shape index (κ3) is 4.60. The standard InChI is InChI=1S/C26H36N4O4/c1-3-4-11-20(29-26(25(34)27-2)14-6-5-7-15-26)17-9-8-10-18-19(17)16-30(24(18)33)21-12-13-22(31)28-23(21)32/h8-10,20-21,29H,3-7,11-16H2,1-2H3,(H,27,34)(H,28,31,32)/t20-,21-/m0/s1. The molecule has 1 aromatic carbocycles. The average molecular weight is 469 g/mol. The second-order valence-electron chi connectivity index (χ2n) is 9.83. The Kier molecular flexibility index (Phi) is 7.36. The van der Waals surface area contributed by atoms with E-state index in [2.05, 4.69) is 22.9 Å². The number of nitrogens with zero attached hydrogens (tertiary/aromatic N) is 1. The molecule has 3 N–H and O–H groups in total. The predicted molar refractivity (Wildman–Crippen MR) is 128 cm³/mol. The van der Waals surface area contributed by atoms with E-state index in [0.29, 0.717) is 18.5 Å². The molecule has 0 radical (unpaired) electrons. The Hall–Kier alpha value is -2.74. The van der Waals surface area contributed by atoms with Crippen molar-refractivity contribution in [2.45, 2.75) is 95.3 Å². The summed E-state index contributed by atoms with van der Waals surface area (Å²) in [5.74, 6) is -0.830. The number of hydrogen-bond acceptors (Lipinski definition) is 5. The zero-order valence-corrected chi connectivity index (χ0v) is 20.2. The molecule has 2 heterocycles. The van der Waals surface area contributed by atoms with Crippen LogP contribution in [0.4, 0.5) is 0 Å². The van der Waals surface area contributed by atoms with Crippen molar-refractivity contribution in [1.82, 2.24) is 20.9 Å². The number of hydrogen-bond donors (Lipinski definition) is 3. The summed E-state index contributed by atoms with van der Waals surface area (Å²) in [7, 11) is 1.69. The van der Waals surface area contributed by atoms with Crippen LogP contribution < -0.4 is 16.0 Å². The van der Waals surface area contributed by atoms with Gasteiger partial charge >= 0.3 is 0 Å². The summed E-state index contributed by atoms with van der Waals surface area (Å²) < 4.78 is 0. The highest BCUT2D eigenvalue weighted by Crippen LogP contribution is 2.37. The van der Waals surface area contributed by atoms with Gasteiger partial charge in [-0.15, -0.1) is 0 Å². The summed E-state index contributed by atoms with van der Waals surface area (Å²) in [6, 6.07) is 5.06. The Balaban J connectivity index is 1.65. The number of amides is 4. The first-order valence-corrected chi connectivity index (χ1v) is 12.7. The maximum atomic E-state index is 13.3. The van der Waals surface area contributed by atoms with Crippen LogP contribution in [0, 0.1) is 0 Å². The lowest BCUT2D eigenvalue weighted by molar-refractivity contribution is -0.137. The van der Waals surface area contributed by atoms with Gasteiger partial charge in [0.1, 0.15) is 6.04 Å². The van der Waals surface area contributed by atoms with Crippen molar-refractivity contribution in [3.63, 3.8) is 0 Å². The minimum Gasteiger partial charge on any atom is -0.358 e. The number of carbonyl (C=O) groups excluding carboxylic acids is 4. The van der Waals surface area contributed by atoms with Gasteiger partial charge in [0.25, 0.3) is 5.91 Å². The number of piperidine rings is 1. The molecule has 34 heavy (non-hydrogen) atoms. The minimum atomic E-state index is -0.636. The van der Waals surface area contributed by atoms with Crippen LogP contribution in [-0.2, 0) is 20.9 Å². The summed E-state index contributed by atoms with van der Waals surface area (Å²) in [4.78, 5) is 52.0. The van der Waals surface area contributed by atoms with Crippen LogP contribution in [0.1, 0.15) is 98.7 Å². The van der Waals surface area contributed by atoms with E-state index >= 15 is 0 Å². The molecule has 1 saturated carbocycles. The minimum absolute atomic E-state index is 0.0301. The first-order valence-electron chi connectivity index (χ1n) is 12.7. The van der Waals surface area contributed by atoms with E-state index in [1.165, 1.54) is 0 Å². The van der Waals surface area contributed by atoms with Crippen molar-refractivity contribution in [2.75, 3.05) is 7.05 Å². The lowest BCUT2D eigenvalue weighted by atomic mass is 9.79. The summed E-state index contributed by atoms with van der Waals surface area (Å²) in [5, 5.41) is 9.00. The van der Waals surface area contributed by atoms with E-state index in [1.807, 2.05) is 18.2 Å². The molecule has 0 unspecified atom stereocenters. The number of rotatable bonds is 8. The topological polar surface area (TPSA) is 108 Å². The molecule has 2 aliphatic heterocycles. The summed E-state index contributed by atoms with van der Waals surface area (Å²) in [6.07, 6.45) is 8.21. The Morgan fingerprint density at radius 1 is 1.21 bits per heavy atom. The van der Waals surface area contributed by atoms with Gasteiger partial charge in [-0.25, -0.2) is 0 Å². The Labute approximate surface area is 201 Å². The number of imide groups is 1. The summed E-state index contributed by atoms with van der Waals surface area (Å²) in [5.41, 5.74) is 1.96. The molecule has 1 aliphatic carbocycles. The number of likely N-dealkylation sites (N-methyl/N-ethyl adjacent to an activating group) is 1. The van der Waals surface area contributed by atoms with Crippen LogP contribution in [0.3, 0.4) is 0 Å². The monoisotopic (exact) mass is 468 g/mol. The van der Waals surface area contributed by atoms with Gasteiger partial charge in [0.2, 0.25) is 17.7 Å². The fraction of sp³-hybridized carbons (Fsp3) is 0.615. The van der Waals surface area contributed by atoms with Crippen LogP contribution in [0.2, 0.25) is 0 Å². The van der Waals surface area contributed by atoms with Crippen LogP contribution in [0.25, 0.3) is 0 Å². The van der Waals surface area contributed by atoms with Gasteiger partial charge in [-0.05, 0) is 42.9 Å². The highest BCUT2D eigenvalue weighted by Gasteiger charge is 2.43. The molecular weight excluding hydrogens is 432 g/mol. The van der Waals surface area contributed by atoms with E-state index in [4.69, 9.17) is 0 Å².